The highest BCUT2D eigenvalue weighted by Gasteiger charge is 2.31. The van der Waals surface area contributed by atoms with Gasteiger partial charge < -0.3 is 15.0 Å². The minimum Gasteiger partial charge on any atom is -0.478 e. The number of benzene rings is 1. The zero-order valence-corrected chi connectivity index (χ0v) is 16.5. The molecule has 0 unspecified atom stereocenters. The van der Waals surface area contributed by atoms with Crippen LogP contribution in [-0.2, 0) is 24.4 Å². The Morgan fingerprint density at radius 1 is 1.29 bits per heavy atom. The van der Waals surface area contributed by atoms with Crippen LogP contribution in [0.4, 0.5) is 5.69 Å². The highest BCUT2D eigenvalue weighted by Crippen LogP contribution is 2.32. The van der Waals surface area contributed by atoms with E-state index in [9.17, 15) is 22.8 Å². The van der Waals surface area contributed by atoms with E-state index >= 15 is 0 Å². The van der Waals surface area contributed by atoms with E-state index < -0.39 is 28.0 Å². The summed E-state index contributed by atoms with van der Waals surface area (Å²) in [5.74, 6) is -1.09. The molecule has 2 N–H and O–H groups in total. The maximum absolute atomic E-state index is 12.6. The van der Waals surface area contributed by atoms with E-state index in [0.717, 1.165) is 0 Å². The van der Waals surface area contributed by atoms with Gasteiger partial charge in [0.25, 0.3) is 15.9 Å². The van der Waals surface area contributed by atoms with Gasteiger partial charge in [0.15, 0.2) is 6.10 Å². The average molecular weight is 409 g/mol. The molecule has 152 valence electrons. The van der Waals surface area contributed by atoms with Crippen molar-refractivity contribution in [3.8, 4) is 5.75 Å². The third kappa shape index (κ3) is 4.11. The number of amides is 3. The predicted molar refractivity (Wildman–Crippen MR) is 100 cm³/mol. The molecule has 0 saturated carbocycles. The molecular weight excluding hydrogens is 386 g/mol. The molecule has 1 aromatic carbocycles. The van der Waals surface area contributed by atoms with Crippen LogP contribution in [0.5, 0.6) is 5.75 Å². The molecule has 0 radical (unpaired) electrons. The van der Waals surface area contributed by atoms with Gasteiger partial charge in [-0.3, -0.25) is 14.4 Å². The summed E-state index contributed by atoms with van der Waals surface area (Å²) in [6.07, 6.45) is 0.695. The monoisotopic (exact) mass is 409 g/mol. The zero-order valence-electron chi connectivity index (χ0n) is 15.7. The van der Waals surface area contributed by atoms with E-state index in [2.05, 4.69) is 10.0 Å². The maximum Gasteiger partial charge on any atom is 0.265 e. The van der Waals surface area contributed by atoms with Gasteiger partial charge in [-0.25, -0.2) is 13.1 Å². The Bertz CT molecular complexity index is 906. The van der Waals surface area contributed by atoms with E-state index in [1.54, 1.807) is 4.90 Å². The lowest BCUT2D eigenvalue weighted by atomic mass is 9.96. The summed E-state index contributed by atoms with van der Waals surface area (Å²) >= 11 is 0. The first-order valence-electron chi connectivity index (χ1n) is 9.15. The summed E-state index contributed by atoms with van der Waals surface area (Å²) in [5.41, 5.74) is 0.250. The first kappa shape index (κ1) is 20.1. The van der Waals surface area contributed by atoms with Crippen LogP contribution < -0.4 is 14.8 Å². The molecule has 2 aliphatic heterocycles. The number of carbonyl (C=O) groups is 3. The van der Waals surface area contributed by atoms with Crippen LogP contribution in [0.25, 0.3) is 0 Å². The lowest BCUT2D eigenvalue weighted by Crippen LogP contribution is -2.43. The second-order valence-corrected chi connectivity index (χ2v) is 8.59. The lowest BCUT2D eigenvalue weighted by molar-refractivity contribution is -0.133. The van der Waals surface area contributed by atoms with Gasteiger partial charge in [0.05, 0.1) is 10.6 Å². The lowest BCUT2D eigenvalue weighted by Gasteiger charge is -2.30. The maximum atomic E-state index is 12.6. The fourth-order valence-electron chi connectivity index (χ4n) is 3.30. The minimum absolute atomic E-state index is 0.0601. The SMILES string of the molecule is CC[C@@H]1Oc2ccc(S(=O)(=O)NC(=O)C3CCN(C(C)=O)CC3)cc2NC1=O. The standard InChI is InChI=1S/C18H23N3O6S/c1-3-15-18(24)19-14-10-13(4-5-16(14)27-15)28(25,26)20-17(23)12-6-8-21(9-7-12)11(2)22/h4-5,10,12,15H,3,6-9H2,1-2H3,(H,19,24)(H,20,23)/t15-/m0/s1. The quantitative estimate of drug-likeness (QED) is 0.761. The first-order valence-corrected chi connectivity index (χ1v) is 10.6. The van der Waals surface area contributed by atoms with Crippen molar-refractivity contribution in [3.05, 3.63) is 18.2 Å². The number of hydrogen-bond acceptors (Lipinski definition) is 6. The Kier molecular flexibility index (Phi) is 5.59. The number of nitrogens with one attached hydrogen (secondary N) is 2. The van der Waals surface area contributed by atoms with Gasteiger partial charge in [-0.05, 0) is 37.5 Å². The molecule has 0 spiro atoms. The van der Waals surface area contributed by atoms with Crippen LogP contribution in [0.3, 0.4) is 0 Å². The van der Waals surface area contributed by atoms with Crippen LogP contribution in [-0.4, -0.2) is 50.2 Å². The van der Waals surface area contributed by atoms with Gasteiger partial charge in [0.2, 0.25) is 11.8 Å². The molecule has 0 aliphatic carbocycles. The molecule has 3 rings (SSSR count). The second-order valence-electron chi connectivity index (χ2n) is 6.91. The minimum atomic E-state index is -4.10. The number of rotatable bonds is 4. The molecule has 10 heteroatoms. The van der Waals surface area contributed by atoms with Gasteiger partial charge in [-0.15, -0.1) is 0 Å². The van der Waals surface area contributed by atoms with E-state index in [0.29, 0.717) is 38.1 Å². The Morgan fingerprint density at radius 2 is 1.96 bits per heavy atom. The summed E-state index contributed by atoms with van der Waals surface area (Å²) in [6.45, 7) is 4.12. The number of piperidine rings is 1. The third-order valence-corrected chi connectivity index (χ3v) is 6.34. The van der Waals surface area contributed by atoms with Crippen molar-refractivity contribution in [1.82, 2.24) is 9.62 Å². The number of sulfonamides is 1. The largest absolute Gasteiger partial charge is 0.478 e. The van der Waals surface area contributed by atoms with Crippen molar-refractivity contribution in [1.29, 1.82) is 0 Å². The highest BCUT2D eigenvalue weighted by molar-refractivity contribution is 7.90. The van der Waals surface area contributed by atoms with Crippen molar-refractivity contribution in [2.24, 2.45) is 5.92 Å². The number of carbonyl (C=O) groups excluding carboxylic acids is 3. The second kappa shape index (κ2) is 7.78. The van der Waals surface area contributed by atoms with Crippen molar-refractivity contribution >= 4 is 33.4 Å². The molecule has 1 saturated heterocycles. The molecule has 3 amide bonds. The Labute approximate surface area is 163 Å². The van der Waals surface area contributed by atoms with Crippen LogP contribution in [0.1, 0.15) is 33.1 Å². The first-order chi connectivity index (χ1) is 13.2. The van der Waals surface area contributed by atoms with E-state index in [1.165, 1.54) is 25.1 Å². The molecule has 2 heterocycles. The summed E-state index contributed by atoms with van der Waals surface area (Å²) < 4.78 is 32.8. The Balaban J connectivity index is 1.70. The fourth-order valence-corrected chi connectivity index (χ4v) is 4.37. The highest BCUT2D eigenvalue weighted by atomic mass is 32.2. The molecule has 9 nitrogen and oxygen atoms in total. The third-order valence-electron chi connectivity index (χ3n) is 5.00. The topological polar surface area (TPSA) is 122 Å². The molecule has 0 aromatic heterocycles. The Hall–Kier alpha value is -2.62. The molecule has 28 heavy (non-hydrogen) atoms. The molecule has 2 aliphatic rings. The molecular formula is C18H23N3O6S. The molecule has 1 fully saturated rings. The summed E-state index contributed by atoms with van der Waals surface area (Å²) in [4.78, 5) is 37.2. The van der Waals surface area contributed by atoms with Gasteiger partial charge in [0.1, 0.15) is 5.75 Å². The van der Waals surface area contributed by atoms with Gasteiger partial charge >= 0.3 is 0 Å². The van der Waals surface area contributed by atoms with Crippen molar-refractivity contribution < 1.29 is 27.5 Å². The number of hydrogen-bond donors (Lipinski definition) is 2. The average Bonchev–Trinajstić information content (AvgIpc) is 2.66. The van der Waals surface area contributed by atoms with Gasteiger partial charge in [-0.2, -0.15) is 0 Å². The number of ether oxygens (including phenoxy) is 1. The van der Waals surface area contributed by atoms with Gasteiger partial charge in [0, 0.05) is 25.9 Å². The normalized spacial score (nSPS) is 20.0. The van der Waals surface area contributed by atoms with E-state index in [4.69, 9.17) is 4.74 Å². The van der Waals surface area contributed by atoms with Gasteiger partial charge in [-0.1, -0.05) is 6.92 Å². The zero-order chi connectivity index (χ0) is 20.5. The van der Waals surface area contributed by atoms with Crippen molar-refractivity contribution in [3.63, 3.8) is 0 Å². The summed E-state index contributed by atoms with van der Waals surface area (Å²) in [7, 11) is -4.10. The number of fused-ring (bicyclic) bond motifs is 1. The fraction of sp³-hybridized carbons (Fsp3) is 0.500. The number of nitrogens with zero attached hydrogens (tertiary/aromatic N) is 1. The summed E-state index contributed by atoms with van der Waals surface area (Å²) in [6, 6.07) is 4.06. The van der Waals surface area contributed by atoms with Crippen LogP contribution in [0.15, 0.2) is 23.1 Å². The smallest absolute Gasteiger partial charge is 0.265 e. The molecule has 1 aromatic rings. The molecule has 1 atom stereocenters. The van der Waals surface area contributed by atoms with E-state index in [-0.39, 0.29) is 22.4 Å². The predicted octanol–water partition coefficient (Wildman–Crippen LogP) is 0.859. The van der Waals surface area contributed by atoms with E-state index in [1.807, 2.05) is 6.92 Å². The van der Waals surface area contributed by atoms with Crippen LogP contribution in [0, 0.1) is 5.92 Å². The summed E-state index contributed by atoms with van der Waals surface area (Å²) in [5, 5.41) is 2.63. The Morgan fingerprint density at radius 3 is 2.57 bits per heavy atom. The van der Waals surface area contributed by atoms with Crippen LogP contribution in [0.2, 0.25) is 0 Å². The number of likely N-dealkylation sites (tertiary alicyclic amines) is 1. The van der Waals surface area contributed by atoms with Crippen LogP contribution >= 0.6 is 0 Å². The van der Waals surface area contributed by atoms with Crippen molar-refractivity contribution in [2.45, 2.75) is 44.1 Å². The number of anilines is 1. The van der Waals surface area contributed by atoms with Crippen molar-refractivity contribution in [2.75, 3.05) is 18.4 Å². The molecule has 0 bridgehead atoms.